The fourth-order valence-corrected chi connectivity index (χ4v) is 2.97. The SMILES string of the molecule is C=Cc1oc(C(N)SC(=N)Cc2ccc(F)cc2)c(OC)c1N=C. The molecular weight excluding hydrogens is 329 g/mol. The van der Waals surface area contributed by atoms with Gasteiger partial charge in [-0.2, -0.15) is 0 Å². The number of nitrogens with two attached hydrogens (primary N) is 1. The van der Waals surface area contributed by atoms with Crippen LogP contribution in [0.15, 0.2) is 40.3 Å². The zero-order chi connectivity index (χ0) is 17.7. The highest BCUT2D eigenvalue weighted by Gasteiger charge is 2.25. The molecule has 0 saturated heterocycles. The van der Waals surface area contributed by atoms with Crippen molar-refractivity contribution in [3.8, 4) is 5.75 Å². The van der Waals surface area contributed by atoms with Gasteiger partial charge in [0, 0.05) is 6.42 Å². The van der Waals surface area contributed by atoms with Gasteiger partial charge in [-0.3, -0.25) is 10.4 Å². The van der Waals surface area contributed by atoms with E-state index in [1.807, 2.05) is 0 Å². The van der Waals surface area contributed by atoms with Gasteiger partial charge >= 0.3 is 0 Å². The summed E-state index contributed by atoms with van der Waals surface area (Å²) in [6, 6.07) is 6.00. The van der Waals surface area contributed by atoms with E-state index in [0.717, 1.165) is 17.3 Å². The van der Waals surface area contributed by atoms with Crippen molar-refractivity contribution >= 4 is 35.3 Å². The Kier molecular flexibility index (Phi) is 5.94. The summed E-state index contributed by atoms with van der Waals surface area (Å²) in [4.78, 5) is 3.88. The van der Waals surface area contributed by atoms with Crippen molar-refractivity contribution in [2.45, 2.75) is 11.8 Å². The lowest BCUT2D eigenvalue weighted by molar-refractivity contribution is 0.390. The summed E-state index contributed by atoms with van der Waals surface area (Å²) in [5.41, 5.74) is 7.39. The average molecular weight is 347 g/mol. The third-order valence-corrected chi connectivity index (χ3v) is 4.14. The van der Waals surface area contributed by atoms with Crippen LogP contribution in [0.25, 0.3) is 6.08 Å². The van der Waals surface area contributed by atoms with Crippen LogP contribution >= 0.6 is 11.8 Å². The standard InChI is InChI=1S/C17H18FN3O2S/c1-4-12-14(21-2)15(22-3)16(23-12)17(20)24-13(19)9-10-5-7-11(18)8-6-10/h4-8,17,19H,1-2,9,20H2,3H3. The number of halogens is 1. The average Bonchev–Trinajstić information content (AvgIpc) is 2.94. The molecule has 2 rings (SSSR count). The number of furan rings is 1. The first-order chi connectivity index (χ1) is 11.5. The minimum atomic E-state index is -0.651. The number of hydrogen-bond donors (Lipinski definition) is 2. The molecule has 0 aliphatic rings. The predicted octanol–water partition coefficient (Wildman–Crippen LogP) is 4.31. The second kappa shape index (κ2) is 7.94. The fraction of sp³-hybridized carbons (Fsp3) is 0.176. The van der Waals surface area contributed by atoms with Gasteiger partial charge in [0.2, 0.25) is 0 Å². The van der Waals surface area contributed by atoms with Gasteiger partial charge in [0.25, 0.3) is 0 Å². The summed E-state index contributed by atoms with van der Waals surface area (Å²) in [5, 5.41) is 7.76. The van der Waals surface area contributed by atoms with Crippen LogP contribution < -0.4 is 10.5 Å². The monoisotopic (exact) mass is 347 g/mol. The Hall–Kier alpha value is -2.38. The highest BCUT2D eigenvalue weighted by molar-refractivity contribution is 8.13. The molecule has 0 bridgehead atoms. The van der Waals surface area contributed by atoms with Gasteiger partial charge in [0.05, 0.1) is 12.2 Å². The van der Waals surface area contributed by atoms with Crippen molar-refractivity contribution in [2.75, 3.05) is 7.11 Å². The fourth-order valence-electron chi connectivity index (χ4n) is 2.15. The number of nitrogens with zero attached hydrogens (tertiary/aromatic N) is 1. The van der Waals surface area contributed by atoms with E-state index in [2.05, 4.69) is 18.3 Å². The number of nitrogens with one attached hydrogen (secondary N) is 1. The molecule has 0 aliphatic carbocycles. The largest absolute Gasteiger partial charge is 0.491 e. The number of benzene rings is 1. The third kappa shape index (κ3) is 3.93. The van der Waals surface area contributed by atoms with Crippen molar-refractivity contribution in [3.05, 3.63) is 53.7 Å². The lowest BCUT2D eigenvalue weighted by Gasteiger charge is -2.11. The maximum Gasteiger partial charge on any atom is 0.189 e. The lowest BCUT2D eigenvalue weighted by atomic mass is 10.2. The molecule has 7 heteroatoms. The Bertz CT molecular complexity index is 756. The Balaban J connectivity index is 2.14. The number of methoxy groups -OCH3 is 1. The molecule has 0 aliphatic heterocycles. The van der Waals surface area contributed by atoms with Gasteiger partial charge in [-0.1, -0.05) is 30.5 Å². The second-order valence-electron chi connectivity index (χ2n) is 4.84. The molecule has 2 aromatic rings. The molecule has 1 aromatic heterocycles. The minimum Gasteiger partial charge on any atom is -0.491 e. The minimum absolute atomic E-state index is 0.309. The molecule has 1 aromatic carbocycles. The van der Waals surface area contributed by atoms with E-state index < -0.39 is 5.37 Å². The third-order valence-electron chi connectivity index (χ3n) is 3.25. The van der Waals surface area contributed by atoms with Gasteiger partial charge in [-0.05, 0) is 30.5 Å². The molecular formula is C17H18FN3O2S. The molecule has 24 heavy (non-hydrogen) atoms. The van der Waals surface area contributed by atoms with E-state index in [1.54, 1.807) is 12.1 Å². The second-order valence-corrected chi connectivity index (χ2v) is 6.08. The van der Waals surface area contributed by atoms with Gasteiger partial charge < -0.3 is 14.9 Å². The first-order valence-corrected chi connectivity index (χ1v) is 7.92. The number of hydrogen-bond acceptors (Lipinski definition) is 6. The summed E-state index contributed by atoms with van der Waals surface area (Å²) < 4.78 is 23.9. The molecule has 126 valence electrons. The zero-order valence-corrected chi connectivity index (χ0v) is 14.0. The van der Waals surface area contributed by atoms with Crippen molar-refractivity contribution < 1.29 is 13.5 Å². The van der Waals surface area contributed by atoms with E-state index in [-0.39, 0.29) is 5.82 Å². The quantitative estimate of drug-likeness (QED) is 0.444. The maximum absolute atomic E-state index is 12.9. The van der Waals surface area contributed by atoms with E-state index >= 15 is 0 Å². The number of rotatable bonds is 7. The first-order valence-electron chi connectivity index (χ1n) is 7.04. The van der Waals surface area contributed by atoms with Crippen molar-refractivity contribution in [1.82, 2.24) is 0 Å². The zero-order valence-electron chi connectivity index (χ0n) is 13.2. The van der Waals surface area contributed by atoms with E-state index in [4.69, 9.17) is 20.3 Å². The smallest absolute Gasteiger partial charge is 0.189 e. The molecule has 3 N–H and O–H groups in total. The van der Waals surface area contributed by atoms with Crippen LogP contribution in [0, 0.1) is 11.2 Å². The molecule has 0 spiro atoms. The maximum atomic E-state index is 12.9. The molecule has 0 saturated carbocycles. The summed E-state index contributed by atoms with van der Waals surface area (Å²) >= 11 is 1.12. The molecule has 1 heterocycles. The van der Waals surface area contributed by atoms with Crippen LogP contribution in [0.5, 0.6) is 5.75 Å². The Morgan fingerprint density at radius 2 is 2.17 bits per heavy atom. The summed E-state index contributed by atoms with van der Waals surface area (Å²) in [6.45, 7) is 7.14. The highest BCUT2D eigenvalue weighted by Crippen LogP contribution is 2.43. The molecule has 1 atom stereocenters. The van der Waals surface area contributed by atoms with Crippen molar-refractivity contribution in [2.24, 2.45) is 10.7 Å². The summed E-state index contributed by atoms with van der Waals surface area (Å²) in [6.07, 6.45) is 1.85. The summed E-state index contributed by atoms with van der Waals surface area (Å²) in [7, 11) is 1.48. The Morgan fingerprint density at radius 1 is 1.50 bits per heavy atom. The molecule has 0 radical (unpaired) electrons. The first kappa shape index (κ1) is 18.0. The van der Waals surface area contributed by atoms with Gasteiger partial charge in [0.15, 0.2) is 23.0 Å². The van der Waals surface area contributed by atoms with Gasteiger partial charge in [-0.15, -0.1) is 0 Å². The van der Waals surface area contributed by atoms with Crippen molar-refractivity contribution in [1.29, 1.82) is 5.41 Å². The number of ether oxygens (including phenoxy) is 1. The number of aliphatic imine (C=N–C) groups is 1. The van der Waals surface area contributed by atoms with Crippen LogP contribution in [0.1, 0.15) is 22.5 Å². The number of thioether (sulfide) groups is 1. The molecule has 0 amide bonds. The Labute approximate surface area is 143 Å². The van der Waals surface area contributed by atoms with Crippen molar-refractivity contribution in [3.63, 3.8) is 0 Å². The van der Waals surface area contributed by atoms with Gasteiger partial charge in [-0.25, -0.2) is 4.39 Å². The lowest BCUT2D eigenvalue weighted by Crippen LogP contribution is -2.10. The van der Waals surface area contributed by atoms with E-state index in [9.17, 15) is 4.39 Å². The van der Waals surface area contributed by atoms with Crippen LogP contribution in [0.2, 0.25) is 0 Å². The topological polar surface area (TPSA) is 84.6 Å². The van der Waals surface area contributed by atoms with Crippen LogP contribution in [0.3, 0.4) is 0 Å². The highest BCUT2D eigenvalue weighted by atomic mass is 32.2. The van der Waals surface area contributed by atoms with Crippen LogP contribution in [-0.4, -0.2) is 18.9 Å². The van der Waals surface area contributed by atoms with Crippen LogP contribution in [-0.2, 0) is 6.42 Å². The molecule has 0 fully saturated rings. The summed E-state index contributed by atoms with van der Waals surface area (Å²) in [5.74, 6) is 0.854. The van der Waals surface area contributed by atoms with Gasteiger partial charge in [0.1, 0.15) is 11.2 Å². The molecule has 5 nitrogen and oxygen atoms in total. The van der Waals surface area contributed by atoms with E-state index in [1.165, 1.54) is 25.3 Å². The molecule has 1 unspecified atom stereocenters. The predicted molar refractivity (Wildman–Crippen MR) is 96.9 cm³/mol. The van der Waals surface area contributed by atoms with Crippen LogP contribution in [0.4, 0.5) is 10.1 Å². The van der Waals surface area contributed by atoms with E-state index in [0.29, 0.717) is 34.4 Å². The Morgan fingerprint density at radius 3 is 2.71 bits per heavy atom. The normalized spacial score (nSPS) is 11.8.